The Morgan fingerprint density at radius 2 is 2.27 bits per heavy atom. The van der Waals surface area contributed by atoms with Gasteiger partial charge < -0.3 is 4.18 Å². The first-order valence-electron chi connectivity index (χ1n) is 2.43. The highest BCUT2D eigenvalue weighted by Gasteiger charge is 2.05. The summed E-state index contributed by atoms with van der Waals surface area (Å²) in [6.45, 7) is 0. The molecule has 0 bridgehead atoms. The Labute approximate surface area is 72.8 Å². The van der Waals surface area contributed by atoms with Crippen molar-refractivity contribution in [3.63, 3.8) is 0 Å². The highest BCUT2D eigenvalue weighted by Crippen LogP contribution is 2.26. The van der Waals surface area contributed by atoms with Crippen molar-refractivity contribution in [3.05, 3.63) is 15.8 Å². The van der Waals surface area contributed by atoms with Crippen molar-refractivity contribution in [3.8, 4) is 5.75 Å². The fourth-order valence-electron chi connectivity index (χ4n) is 0.472. The van der Waals surface area contributed by atoms with Gasteiger partial charge in [-0.25, -0.2) is 0 Å². The molecule has 4 nitrogen and oxygen atoms in total. The molecule has 0 spiro atoms. The minimum absolute atomic E-state index is 0.141. The molecule has 0 aromatic carbocycles. The largest absolute Gasteiger partial charge is 0.380 e. The molecular weight excluding hydrogens is 210 g/mol. The van der Waals surface area contributed by atoms with Crippen molar-refractivity contribution >= 4 is 33.2 Å². The number of hydrogen-bond acceptors (Lipinski definition) is 4. The van der Waals surface area contributed by atoms with Gasteiger partial charge in [-0.1, -0.05) is 11.6 Å². The normalized spacial score (nSPS) is 11.5. The molecule has 0 aliphatic carbocycles. The number of hydrogen-bond donors (Lipinski definition) is 1. The van der Waals surface area contributed by atoms with E-state index in [0.29, 0.717) is 4.34 Å². The van der Waals surface area contributed by atoms with Gasteiger partial charge in [-0.15, -0.1) is 11.3 Å². The predicted molar refractivity (Wildman–Crippen MR) is 43.1 cm³/mol. The van der Waals surface area contributed by atoms with Gasteiger partial charge in [0, 0.05) is 11.4 Å². The van der Waals surface area contributed by atoms with Crippen molar-refractivity contribution in [1.29, 1.82) is 0 Å². The maximum absolute atomic E-state index is 10.3. The fourth-order valence-corrected chi connectivity index (χ4v) is 1.67. The van der Waals surface area contributed by atoms with Gasteiger partial charge in [0.15, 0.2) is 5.75 Å². The van der Waals surface area contributed by atoms with Crippen LogP contribution in [0.15, 0.2) is 11.4 Å². The smallest absolute Gasteiger partial charge is 0.370 e. The van der Waals surface area contributed by atoms with Crippen molar-refractivity contribution in [2.75, 3.05) is 0 Å². The Morgan fingerprint density at radius 3 is 2.64 bits per heavy atom. The van der Waals surface area contributed by atoms with E-state index >= 15 is 0 Å². The molecule has 0 aliphatic heterocycles. The molecule has 0 saturated heterocycles. The third kappa shape index (κ3) is 3.06. The summed E-state index contributed by atoms with van der Waals surface area (Å²) in [5, 5.41) is 6.04. The van der Waals surface area contributed by atoms with Gasteiger partial charge in [0.05, 0.1) is 4.34 Å². The second-order valence-electron chi connectivity index (χ2n) is 1.66. The van der Waals surface area contributed by atoms with Crippen molar-refractivity contribution < 1.29 is 12.6 Å². The summed E-state index contributed by atoms with van der Waals surface area (Å²) in [6.07, 6.45) is 0. The first-order valence-corrected chi connectivity index (χ1v) is 5.16. The van der Waals surface area contributed by atoms with Crippen LogP contribution >= 0.6 is 22.9 Å². The molecular formula is C4H4ClNO3S2. The predicted octanol–water partition coefficient (Wildman–Crippen LogP) is 0.984. The molecule has 1 rings (SSSR count). The Morgan fingerprint density at radius 1 is 1.64 bits per heavy atom. The molecule has 2 N–H and O–H groups in total. The maximum atomic E-state index is 10.3. The first kappa shape index (κ1) is 8.79. The molecule has 0 atom stereocenters. The third-order valence-electron chi connectivity index (χ3n) is 0.756. The zero-order valence-corrected chi connectivity index (χ0v) is 7.54. The van der Waals surface area contributed by atoms with Crippen LogP contribution in [-0.4, -0.2) is 8.42 Å². The summed E-state index contributed by atoms with van der Waals surface area (Å²) >= 11 is 6.66. The van der Waals surface area contributed by atoms with E-state index in [9.17, 15) is 8.42 Å². The minimum Gasteiger partial charge on any atom is -0.370 e. The molecule has 0 radical (unpaired) electrons. The molecule has 0 amide bonds. The van der Waals surface area contributed by atoms with Crippen molar-refractivity contribution in [2.45, 2.75) is 0 Å². The molecule has 0 aliphatic rings. The van der Waals surface area contributed by atoms with E-state index in [4.69, 9.17) is 11.6 Å². The number of halogens is 1. The summed E-state index contributed by atoms with van der Waals surface area (Å²) in [6, 6.07) is 1.37. The summed E-state index contributed by atoms with van der Waals surface area (Å²) in [5.41, 5.74) is 0. The Bertz CT molecular complexity index is 344. The van der Waals surface area contributed by atoms with Crippen molar-refractivity contribution in [1.82, 2.24) is 0 Å². The average molecular weight is 214 g/mol. The zero-order valence-electron chi connectivity index (χ0n) is 5.15. The Kier molecular flexibility index (Phi) is 2.38. The van der Waals surface area contributed by atoms with Gasteiger partial charge in [0.25, 0.3) is 0 Å². The molecule has 1 aromatic rings. The lowest BCUT2D eigenvalue weighted by atomic mass is 10.6. The lowest BCUT2D eigenvalue weighted by Gasteiger charge is -1.95. The third-order valence-corrected chi connectivity index (χ3v) is 2.25. The summed E-state index contributed by atoms with van der Waals surface area (Å²) < 4.78 is 25.4. The number of thiophene rings is 1. The molecule has 0 saturated carbocycles. The van der Waals surface area contributed by atoms with Crippen LogP contribution in [0.3, 0.4) is 0 Å². The number of nitrogens with two attached hydrogens (primary N) is 1. The lowest BCUT2D eigenvalue weighted by Crippen LogP contribution is -2.18. The van der Waals surface area contributed by atoms with Gasteiger partial charge >= 0.3 is 10.3 Å². The van der Waals surface area contributed by atoms with Crippen LogP contribution in [0, 0.1) is 0 Å². The van der Waals surface area contributed by atoms with Crippen LogP contribution in [-0.2, 0) is 10.3 Å². The molecule has 0 unspecified atom stereocenters. The SMILES string of the molecule is NS(=O)(=O)Oc1csc(Cl)c1. The van der Waals surface area contributed by atoms with Crippen LogP contribution in [0.2, 0.25) is 4.34 Å². The summed E-state index contributed by atoms with van der Waals surface area (Å²) in [4.78, 5) is 0. The number of rotatable bonds is 2. The first-order chi connectivity index (χ1) is 4.97. The topological polar surface area (TPSA) is 69.4 Å². The molecule has 11 heavy (non-hydrogen) atoms. The van der Waals surface area contributed by atoms with Gasteiger partial charge in [0.1, 0.15) is 0 Å². The quantitative estimate of drug-likeness (QED) is 0.797. The van der Waals surface area contributed by atoms with Gasteiger partial charge in [-0.2, -0.15) is 13.6 Å². The van der Waals surface area contributed by atoms with E-state index in [2.05, 4.69) is 9.32 Å². The van der Waals surface area contributed by atoms with Gasteiger partial charge in [-0.05, 0) is 0 Å². The second-order valence-corrected chi connectivity index (χ2v) is 4.36. The summed E-state index contributed by atoms with van der Waals surface area (Å²) in [5.74, 6) is 0.141. The maximum Gasteiger partial charge on any atom is 0.380 e. The molecule has 1 heterocycles. The average Bonchev–Trinajstić information content (AvgIpc) is 2.10. The van der Waals surface area contributed by atoms with Crippen molar-refractivity contribution in [2.24, 2.45) is 5.14 Å². The lowest BCUT2D eigenvalue weighted by molar-refractivity contribution is 0.489. The van der Waals surface area contributed by atoms with E-state index in [1.807, 2.05) is 0 Å². The Balaban J connectivity index is 2.81. The van der Waals surface area contributed by atoms with Gasteiger partial charge in [0.2, 0.25) is 0 Å². The van der Waals surface area contributed by atoms with Crippen LogP contribution in [0.5, 0.6) is 5.75 Å². The molecule has 0 fully saturated rings. The van der Waals surface area contributed by atoms with Crippen LogP contribution in [0.1, 0.15) is 0 Å². The standard InChI is InChI=1S/C4H4ClNO3S2/c5-4-1-3(2-10-4)9-11(6,7)8/h1-2H,(H2,6,7,8). The summed E-state index contributed by atoms with van der Waals surface area (Å²) in [7, 11) is -3.92. The van der Waals surface area contributed by atoms with E-state index in [0.717, 1.165) is 0 Å². The second kappa shape index (κ2) is 2.98. The molecule has 7 heteroatoms. The van der Waals surface area contributed by atoms with E-state index in [1.54, 1.807) is 0 Å². The molecule has 62 valence electrons. The van der Waals surface area contributed by atoms with E-state index in [-0.39, 0.29) is 5.75 Å². The highest BCUT2D eigenvalue weighted by molar-refractivity contribution is 7.84. The molecule has 1 aromatic heterocycles. The van der Waals surface area contributed by atoms with Crippen LogP contribution in [0.25, 0.3) is 0 Å². The van der Waals surface area contributed by atoms with E-state index < -0.39 is 10.3 Å². The van der Waals surface area contributed by atoms with Gasteiger partial charge in [-0.3, -0.25) is 0 Å². The monoisotopic (exact) mass is 213 g/mol. The minimum atomic E-state index is -3.92. The highest BCUT2D eigenvalue weighted by atomic mass is 35.5. The Hall–Kier alpha value is -0.300. The zero-order chi connectivity index (χ0) is 8.48. The fraction of sp³-hybridized carbons (Fsp3) is 0. The van der Waals surface area contributed by atoms with Crippen LogP contribution in [0.4, 0.5) is 0 Å². The van der Waals surface area contributed by atoms with Crippen LogP contribution < -0.4 is 9.32 Å². The van der Waals surface area contributed by atoms with E-state index in [1.165, 1.54) is 22.8 Å².